The molecule has 0 saturated carbocycles. The molecule has 1 rings (SSSR count). The molecule has 1 aliphatic heterocycles. The Labute approximate surface area is 76.5 Å². The zero-order valence-corrected chi connectivity index (χ0v) is 7.58. The summed E-state index contributed by atoms with van der Waals surface area (Å²) in [6.07, 6.45) is -0.158. The third-order valence-corrected chi connectivity index (χ3v) is 2.03. The van der Waals surface area contributed by atoms with Crippen LogP contribution in [0.2, 0.25) is 0 Å². The number of nitrogens with two attached hydrogens (primary N) is 1. The molecule has 0 spiro atoms. The average Bonchev–Trinajstić information content (AvgIpc) is 2.05. The van der Waals surface area contributed by atoms with E-state index in [-0.39, 0.29) is 6.10 Å². The van der Waals surface area contributed by atoms with Gasteiger partial charge in [-0.2, -0.15) is 0 Å². The Morgan fingerprint density at radius 2 is 2.45 bits per heavy atom. The normalized spacial score (nSPS) is 24.7. The Morgan fingerprint density at radius 3 is 3.00 bits per heavy atom. The maximum absolute atomic E-state index is 5.40. The topological polar surface area (TPSA) is 38.5 Å². The Balaban J connectivity index is 2.45. The van der Waals surface area contributed by atoms with Gasteiger partial charge < -0.3 is 15.4 Å². The van der Waals surface area contributed by atoms with Crippen LogP contribution < -0.4 is 5.73 Å². The molecule has 0 aromatic carbocycles. The van der Waals surface area contributed by atoms with Crippen molar-refractivity contribution in [2.24, 2.45) is 5.73 Å². The lowest BCUT2D eigenvalue weighted by molar-refractivity contribution is 0.0365. The summed E-state index contributed by atoms with van der Waals surface area (Å²) in [5.74, 6) is 0. The summed E-state index contributed by atoms with van der Waals surface area (Å²) < 4.78 is 5.28. The van der Waals surface area contributed by atoms with Gasteiger partial charge in [0.15, 0.2) is 0 Å². The van der Waals surface area contributed by atoms with E-state index in [0.717, 1.165) is 6.54 Å². The van der Waals surface area contributed by atoms with Gasteiger partial charge >= 0.3 is 0 Å². The Hall–Kier alpha value is -0.260. The first-order chi connectivity index (χ1) is 5.24. The molecule has 0 amide bonds. The fourth-order valence-electron chi connectivity index (χ4n) is 0.904. The second-order valence-electron chi connectivity index (χ2n) is 2.30. The first-order valence-corrected chi connectivity index (χ1v) is 4.09. The fourth-order valence-corrected chi connectivity index (χ4v) is 1.21. The molecule has 2 N–H and O–H groups in total. The SMILES string of the molecule is NC(=S)C1CN([C]=S)CCO1. The second-order valence-corrected chi connectivity index (χ2v) is 2.95. The van der Waals surface area contributed by atoms with Crippen LogP contribution in [0.4, 0.5) is 0 Å². The molecule has 0 aromatic heterocycles. The first kappa shape index (κ1) is 8.83. The fraction of sp³-hybridized carbons (Fsp3) is 0.667. The van der Waals surface area contributed by atoms with E-state index in [1.54, 1.807) is 0 Å². The Kier molecular flexibility index (Phi) is 3.16. The molecular formula is C6H9N2OS2. The highest BCUT2D eigenvalue weighted by molar-refractivity contribution is 7.80. The predicted octanol–water partition coefficient (Wildman–Crippen LogP) is -0.193. The molecule has 1 radical (unpaired) electrons. The minimum Gasteiger partial charge on any atom is -0.391 e. The molecule has 61 valence electrons. The van der Waals surface area contributed by atoms with Crippen molar-refractivity contribution in [1.29, 1.82) is 0 Å². The van der Waals surface area contributed by atoms with Gasteiger partial charge in [0.05, 0.1) is 13.2 Å². The second kappa shape index (κ2) is 3.94. The quantitative estimate of drug-likeness (QED) is 0.609. The van der Waals surface area contributed by atoms with Crippen molar-refractivity contribution in [1.82, 2.24) is 4.90 Å². The van der Waals surface area contributed by atoms with Gasteiger partial charge in [-0.1, -0.05) is 24.4 Å². The molecule has 0 bridgehead atoms. The van der Waals surface area contributed by atoms with Crippen LogP contribution in [-0.4, -0.2) is 41.2 Å². The summed E-state index contributed by atoms with van der Waals surface area (Å²) in [5, 5.41) is 0. The van der Waals surface area contributed by atoms with Gasteiger partial charge in [-0.05, 0) is 0 Å². The van der Waals surface area contributed by atoms with E-state index in [2.05, 4.69) is 17.7 Å². The molecule has 1 unspecified atom stereocenters. The minimum absolute atomic E-state index is 0.158. The smallest absolute Gasteiger partial charge is 0.137 e. The molecule has 1 atom stereocenters. The van der Waals surface area contributed by atoms with E-state index in [1.807, 2.05) is 4.90 Å². The maximum Gasteiger partial charge on any atom is 0.137 e. The van der Waals surface area contributed by atoms with Gasteiger partial charge in [-0.25, -0.2) is 0 Å². The van der Waals surface area contributed by atoms with Crippen LogP contribution in [-0.2, 0) is 4.74 Å². The number of nitrogens with zero attached hydrogens (tertiary/aromatic N) is 1. The molecular weight excluding hydrogens is 180 g/mol. The van der Waals surface area contributed by atoms with Crippen molar-refractivity contribution in [2.75, 3.05) is 19.7 Å². The average molecular weight is 189 g/mol. The van der Waals surface area contributed by atoms with Crippen LogP contribution >= 0.6 is 24.4 Å². The summed E-state index contributed by atoms with van der Waals surface area (Å²) in [6, 6.07) is 0. The first-order valence-electron chi connectivity index (χ1n) is 3.27. The molecule has 1 heterocycles. The predicted molar refractivity (Wildman–Crippen MR) is 50.7 cm³/mol. The van der Waals surface area contributed by atoms with Crippen molar-refractivity contribution in [3.8, 4) is 0 Å². The number of morpholine rings is 1. The Bertz CT molecular complexity index is 174. The highest BCUT2D eigenvalue weighted by Gasteiger charge is 2.20. The third kappa shape index (κ3) is 2.36. The van der Waals surface area contributed by atoms with Gasteiger partial charge in [0.25, 0.3) is 0 Å². The zero-order chi connectivity index (χ0) is 8.27. The van der Waals surface area contributed by atoms with E-state index < -0.39 is 0 Å². The number of rotatable bonds is 2. The van der Waals surface area contributed by atoms with Crippen molar-refractivity contribution in [3.63, 3.8) is 0 Å². The number of hydrogen-bond donors (Lipinski definition) is 1. The van der Waals surface area contributed by atoms with Crippen LogP contribution in [0.25, 0.3) is 0 Å². The lowest BCUT2D eigenvalue weighted by Gasteiger charge is -2.29. The molecule has 1 aliphatic rings. The third-order valence-electron chi connectivity index (χ3n) is 1.51. The lowest BCUT2D eigenvalue weighted by Crippen LogP contribution is -2.46. The molecule has 1 saturated heterocycles. The minimum atomic E-state index is -0.158. The van der Waals surface area contributed by atoms with Crippen molar-refractivity contribution >= 4 is 34.9 Å². The van der Waals surface area contributed by atoms with Gasteiger partial charge in [0, 0.05) is 6.54 Å². The standard InChI is InChI=1S/C6H9N2OS2/c7-6(11)5-3-8(4-10)1-2-9-5/h5H,1-3H2,(H2,7,11). The number of thiocarbonyl (C=S) groups is 2. The van der Waals surface area contributed by atoms with E-state index >= 15 is 0 Å². The maximum atomic E-state index is 5.40. The van der Waals surface area contributed by atoms with Crippen molar-refractivity contribution in [3.05, 3.63) is 0 Å². The van der Waals surface area contributed by atoms with E-state index in [4.69, 9.17) is 22.7 Å². The summed E-state index contributed by atoms with van der Waals surface area (Å²) in [5.41, 5.74) is 8.01. The molecule has 3 nitrogen and oxygen atoms in total. The monoisotopic (exact) mass is 189 g/mol. The summed E-state index contributed by atoms with van der Waals surface area (Å²) in [6.45, 7) is 2.03. The van der Waals surface area contributed by atoms with Crippen molar-refractivity contribution < 1.29 is 4.74 Å². The molecule has 1 fully saturated rings. The van der Waals surface area contributed by atoms with Gasteiger partial charge in [0.1, 0.15) is 16.6 Å². The highest BCUT2D eigenvalue weighted by Crippen LogP contribution is 2.03. The van der Waals surface area contributed by atoms with E-state index in [1.165, 1.54) is 0 Å². The van der Waals surface area contributed by atoms with Gasteiger partial charge in [-0.3, -0.25) is 0 Å². The van der Waals surface area contributed by atoms with Crippen LogP contribution in [0.5, 0.6) is 0 Å². The summed E-state index contributed by atoms with van der Waals surface area (Å²) in [4.78, 5) is 2.24. The van der Waals surface area contributed by atoms with E-state index in [0.29, 0.717) is 18.1 Å². The van der Waals surface area contributed by atoms with Crippen LogP contribution in [0, 0.1) is 0 Å². The van der Waals surface area contributed by atoms with E-state index in [9.17, 15) is 0 Å². The lowest BCUT2D eigenvalue weighted by atomic mass is 10.3. The molecule has 0 aliphatic carbocycles. The number of hydrogen-bond acceptors (Lipinski definition) is 3. The van der Waals surface area contributed by atoms with Gasteiger partial charge in [-0.15, -0.1) is 0 Å². The molecule has 11 heavy (non-hydrogen) atoms. The van der Waals surface area contributed by atoms with Gasteiger partial charge in [0.2, 0.25) is 0 Å². The van der Waals surface area contributed by atoms with Crippen LogP contribution in [0.1, 0.15) is 0 Å². The number of ether oxygens (including phenoxy) is 1. The molecule has 5 heteroatoms. The Morgan fingerprint density at radius 1 is 1.73 bits per heavy atom. The highest BCUT2D eigenvalue weighted by atomic mass is 32.1. The van der Waals surface area contributed by atoms with Crippen LogP contribution in [0.15, 0.2) is 0 Å². The molecule has 0 aromatic rings. The largest absolute Gasteiger partial charge is 0.391 e. The zero-order valence-electron chi connectivity index (χ0n) is 5.95. The van der Waals surface area contributed by atoms with Crippen molar-refractivity contribution in [2.45, 2.75) is 6.10 Å². The van der Waals surface area contributed by atoms with Crippen LogP contribution in [0.3, 0.4) is 0 Å². The summed E-state index contributed by atoms with van der Waals surface area (Å²) in [7, 11) is 0. The summed E-state index contributed by atoms with van der Waals surface area (Å²) >= 11 is 9.43.